The molecule has 32 heavy (non-hydrogen) atoms. The van der Waals surface area contributed by atoms with Crippen molar-refractivity contribution >= 4 is 22.5 Å². The Morgan fingerprint density at radius 3 is 2.59 bits per heavy atom. The van der Waals surface area contributed by atoms with E-state index in [-0.39, 0.29) is 18.3 Å². The van der Waals surface area contributed by atoms with Gasteiger partial charge in [0.05, 0.1) is 12.1 Å². The van der Waals surface area contributed by atoms with Gasteiger partial charge in [0.2, 0.25) is 0 Å². The Labute approximate surface area is 183 Å². The zero-order chi connectivity index (χ0) is 22.1. The molecule has 3 heterocycles. The third-order valence-corrected chi connectivity index (χ3v) is 5.43. The van der Waals surface area contributed by atoms with E-state index in [1.54, 1.807) is 46.1 Å². The van der Waals surface area contributed by atoms with E-state index < -0.39 is 0 Å². The van der Waals surface area contributed by atoms with Gasteiger partial charge in [-0.3, -0.25) is 9.78 Å². The molecule has 0 saturated carbocycles. The van der Waals surface area contributed by atoms with Gasteiger partial charge in [-0.25, -0.2) is 4.39 Å². The minimum Gasteiger partial charge on any atom is -0.330 e. The standard InChI is InChI=1S/C24H19FN6O/c1-16-3-2-4-19-13-20(23-27-28-29-31(23)22(16)19)15-30(14-17-5-7-21(25)8-6-17)24(32)18-9-11-26-12-10-18/h2-13H,14-15H2,1H3. The van der Waals surface area contributed by atoms with Gasteiger partial charge in [0.15, 0.2) is 5.65 Å². The number of rotatable bonds is 5. The number of benzene rings is 2. The van der Waals surface area contributed by atoms with E-state index >= 15 is 0 Å². The monoisotopic (exact) mass is 426 g/mol. The molecule has 0 bridgehead atoms. The third-order valence-electron chi connectivity index (χ3n) is 5.43. The SMILES string of the molecule is Cc1cccc2cc(CN(Cc3ccc(F)cc3)C(=O)c3ccncc3)c3nnnn3c12. The van der Waals surface area contributed by atoms with Crippen LogP contribution in [0, 0.1) is 12.7 Å². The van der Waals surface area contributed by atoms with Crippen LogP contribution in [0.2, 0.25) is 0 Å². The van der Waals surface area contributed by atoms with Gasteiger partial charge in [-0.15, -0.1) is 5.10 Å². The Bertz CT molecular complexity index is 1420. The van der Waals surface area contributed by atoms with Crippen molar-refractivity contribution in [3.8, 4) is 0 Å². The normalized spacial score (nSPS) is 11.2. The highest BCUT2D eigenvalue weighted by Crippen LogP contribution is 2.24. The fraction of sp³-hybridized carbons (Fsp3) is 0.125. The summed E-state index contributed by atoms with van der Waals surface area (Å²) in [5, 5.41) is 13.2. The molecule has 0 unspecified atom stereocenters. The van der Waals surface area contributed by atoms with E-state index in [9.17, 15) is 9.18 Å². The Morgan fingerprint density at radius 2 is 1.81 bits per heavy atom. The third kappa shape index (κ3) is 3.66. The van der Waals surface area contributed by atoms with Crippen LogP contribution in [0.15, 0.2) is 73.1 Å². The van der Waals surface area contributed by atoms with Crippen molar-refractivity contribution in [2.45, 2.75) is 20.0 Å². The van der Waals surface area contributed by atoms with Crippen molar-refractivity contribution in [2.75, 3.05) is 0 Å². The lowest BCUT2D eigenvalue weighted by molar-refractivity contribution is 0.0730. The number of aromatic nitrogens is 5. The minimum atomic E-state index is -0.318. The highest BCUT2D eigenvalue weighted by atomic mass is 19.1. The lowest BCUT2D eigenvalue weighted by atomic mass is 10.1. The Kier molecular flexibility index (Phi) is 5.03. The second kappa shape index (κ2) is 8.14. The summed E-state index contributed by atoms with van der Waals surface area (Å²) in [6.07, 6.45) is 3.17. The minimum absolute atomic E-state index is 0.160. The highest BCUT2D eigenvalue weighted by molar-refractivity contribution is 5.94. The molecular weight excluding hydrogens is 407 g/mol. The van der Waals surface area contributed by atoms with Gasteiger partial charge in [-0.05, 0) is 58.8 Å². The fourth-order valence-corrected chi connectivity index (χ4v) is 3.89. The van der Waals surface area contributed by atoms with Crippen molar-refractivity contribution in [2.24, 2.45) is 0 Å². The molecule has 0 radical (unpaired) electrons. The Hall–Kier alpha value is -4.20. The van der Waals surface area contributed by atoms with Crippen molar-refractivity contribution in [1.29, 1.82) is 0 Å². The summed E-state index contributed by atoms with van der Waals surface area (Å²) >= 11 is 0. The molecule has 158 valence electrons. The maximum absolute atomic E-state index is 13.4. The lowest BCUT2D eigenvalue weighted by Crippen LogP contribution is -2.30. The van der Waals surface area contributed by atoms with E-state index in [1.165, 1.54) is 12.1 Å². The smallest absolute Gasteiger partial charge is 0.254 e. The van der Waals surface area contributed by atoms with E-state index in [0.29, 0.717) is 17.8 Å². The largest absolute Gasteiger partial charge is 0.330 e. The number of carbonyl (C=O) groups excluding carboxylic acids is 1. The van der Waals surface area contributed by atoms with Crippen molar-refractivity contribution in [1.82, 2.24) is 29.9 Å². The molecule has 2 aromatic carbocycles. The van der Waals surface area contributed by atoms with Crippen LogP contribution < -0.4 is 0 Å². The van der Waals surface area contributed by atoms with Crippen LogP contribution in [0.25, 0.3) is 16.6 Å². The number of tetrazole rings is 1. The van der Waals surface area contributed by atoms with Gasteiger partial charge in [-0.1, -0.05) is 30.3 Å². The van der Waals surface area contributed by atoms with Crippen molar-refractivity contribution in [3.05, 3.63) is 101 Å². The number of hydrogen-bond donors (Lipinski definition) is 0. The average Bonchev–Trinajstić information content (AvgIpc) is 3.30. The molecule has 0 aliphatic carbocycles. The zero-order valence-electron chi connectivity index (χ0n) is 17.3. The van der Waals surface area contributed by atoms with Crippen LogP contribution in [-0.2, 0) is 13.1 Å². The molecule has 0 atom stereocenters. The van der Waals surface area contributed by atoms with Crippen LogP contribution in [0.5, 0.6) is 0 Å². The van der Waals surface area contributed by atoms with Gasteiger partial charge in [0, 0.05) is 35.5 Å². The summed E-state index contributed by atoms with van der Waals surface area (Å²) in [7, 11) is 0. The first-order valence-electron chi connectivity index (χ1n) is 10.1. The predicted molar refractivity (Wildman–Crippen MR) is 117 cm³/mol. The first kappa shape index (κ1) is 19.7. The molecule has 5 rings (SSSR count). The molecule has 7 nitrogen and oxygen atoms in total. The number of amides is 1. The number of fused-ring (bicyclic) bond motifs is 3. The molecular formula is C24H19FN6O. The fourth-order valence-electron chi connectivity index (χ4n) is 3.89. The van der Waals surface area contributed by atoms with Crippen LogP contribution in [0.3, 0.4) is 0 Å². The highest BCUT2D eigenvalue weighted by Gasteiger charge is 2.20. The molecule has 1 amide bonds. The number of para-hydroxylation sites is 1. The van der Waals surface area contributed by atoms with Crippen LogP contribution >= 0.6 is 0 Å². The number of hydrogen-bond acceptors (Lipinski definition) is 5. The zero-order valence-corrected chi connectivity index (χ0v) is 17.3. The predicted octanol–water partition coefficient (Wildman–Crippen LogP) is 3.96. The van der Waals surface area contributed by atoms with Crippen LogP contribution in [0.4, 0.5) is 4.39 Å². The van der Waals surface area contributed by atoms with Gasteiger partial charge in [-0.2, -0.15) is 4.52 Å². The van der Waals surface area contributed by atoms with E-state index in [1.807, 2.05) is 31.2 Å². The molecule has 3 aromatic heterocycles. The Balaban J connectivity index is 1.58. The number of aryl methyl sites for hydroxylation is 1. The van der Waals surface area contributed by atoms with Crippen molar-refractivity contribution < 1.29 is 9.18 Å². The maximum Gasteiger partial charge on any atom is 0.254 e. The summed E-state index contributed by atoms with van der Waals surface area (Å²) < 4.78 is 15.1. The van der Waals surface area contributed by atoms with Gasteiger partial charge in [0.25, 0.3) is 5.91 Å². The van der Waals surface area contributed by atoms with Gasteiger partial charge in [0.1, 0.15) is 5.82 Å². The number of pyridine rings is 2. The van der Waals surface area contributed by atoms with E-state index in [2.05, 4.69) is 20.5 Å². The first-order chi connectivity index (χ1) is 15.6. The molecule has 0 saturated heterocycles. The maximum atomic E-state index is 13.4. The average molecular weight is 426 g/mol. The van der Waals surface area contributed by atoms with Crippen LogP contribution in [0.1, 0.15) is 27.0 Å². The quantitative estimate of drug-likeness (QED) is 0.425. The topological polar surface area (TPSA) is 76.3 Å². The second-order valence-corrected chi connectivity index (χ2v) is 7.62. The first-order valence-corrected chi connectivity index (χ1v) is 10.1. The lowest BCUT2D eigenvalue weighted by Gasteiger charge is -2.23. The summed E-state index contributed by atoms with van der Waals surface area (Å²) in [5.74, 6) is -0.478. The molecule has 0 aliphatic heterocycles. The molecule has 0 N–H and O–H groups in total. The summed E-state index contributed by atoms with van der Waals surface area (Å²) in [4.78, 5) is 19.1. The second-order valence-electron chi connectivity index (χ2n) is 7.62. The van der Waals surface area contributed by atoms with Crippen LogP contribution in [-0.4, -0.2) is 35.8 Å². The van der Waals surface area contributed by atoms with Gasteiger partial charge >= 0.3 is 0 Å². The summed E-state index contributed by atoms with van der Waals surface area (Å²) in [6, 6.07) is 17.5. The molecule has 5 aromatic rings. The van der Waals surface area contributed by atoms with E-state index in [0.717, 1.165) is 27.6 Å². The molecule has 0 aliphatic rings. The van der Waals surface area contributed by atoms with Gasteiger partial charge < -0.3 is 4.90 Å². The summed E-state index contributed by atoms with van der Waals surface area (Å²) in [5.41, 5.74) is 4.75. The Morgan fingerprint density at radius 1 is 1.03 bits per heavy atom. The molecule has 8 heteroatoms. The number of carbonyl (C=O) groups is 1. The molecule has 0 fully saturated rings. The number of halogens is 1. The number of nitrogens with zero attached hydrogens (tertiary/aromatic N) is 6. The molecule has 0 spiro atoms. The van der Waals surface area contributed by atoms with E-state index in [4.69, 9.17) is 0 Å². The van der Waals surface area contributed by atoms with Crippen molar-refractivity contribution in [3.63, 3.8) is 0 Å². The summed E-state index contributed by atoms with van der Waals surface area (Å²) in [6.45, 7) is 2.60.